The number of nitriles is 1. The second kappa shape index (κ2) is 6.38. The molecule has 0 saturated heterocycles. The molecule has 0 amide bonds. The Kier molecular flexibility index (Phi) is 4.56. The van der Waals surface area contributed by atoms with Crippen molar-refractivity contribution in [3.8, 4) is 11.8 Å². The second-order valence-electron chi connectivity index (χ2n) is 5.33. The fraction of sp³-hybridized carbons (Fsp3) is 0.294. The Morgan fingerprint density at radius 1 is 1.24 bits per heavy atom. The molecule has 0 aliphatic rings. The topological polar surface area (TPSA) is 66.1 Å². The summed E-state index contributed by atoms with van der Waals surface area (Å²) in [6.45, 7) is 4.08. The zero-order chi connectivity index (χ0) is 15.3. The number of aliphatic hydroxyl groups excluding tert-OH is 1. The van der Waals surface area contributed by atoms with E-state index in [9.17, 15) is 5.26 Å². The Hall–Kier alpha value is -2.38. The predicted octanol–water partition coefficient (Wildman–Crippen LogP) is 2.95. The summed E-state index contributed by atoms with van der Waals surface area (Å²) < 4.78 is 5.72. The van der Waals surface area contributed by atoms with E-state index in [0.717, 1.165) is 11.1 Å². The van der Waals surface area contributed by atoms with Gasteiger partial charge in [0.1, 0.15) is 12.4 Å². The van der Waals surface area contributed by atoms with Crippen molar-refractivity contribution in [3.05, 3.63) is 59.4 Å². The Morgan fingerprint density at radius 3 is 2.62 bits per heavy atom. The lowest BCUT2D eigenvalue weighted by molar-refractivity contribution is 0.275. The molecule has 1 N–H and O–H groups in total. The van der Waals surface area contributed by atoms with Crippen molar-refractivity contribution in [3.63, 3.8) is 0 Å². The third-order valence-electron chi connectivity index (χ3n) is 3.32. The van der Waals surface area contributed by atoms with Crippen LogP contribution in [0.25, 0.3) is 0 Å². The number of pyridine rings is 1. The van der Waals surface area contributed by atoms with Crippen molar-refractivity contribution in [1.82, 2.24) is 4.98 Å². The van der Waals surface area contributed by atoms with Crippen molar-refractivity contribution >= 4 is 0 Å². The lowest BCUT2D eigenvalue weighted by atomic mass is 9.83. The van der Waals surface area contributed by atoms with Crippen LogP contribution >= 0.6 is 0 Å². The van der Waals surface area contributed by atoms with Gasteiger partial charge in [0.15, 0.2) is 0 Å². The van der Waals surface area contributed by atoms with Crippen LogP contribution in [0.1, 0.15) is 30.7 Å². The van der Waals surface area contributed by atoms with Crippen molar-refractivity contribution in [2.75, 3.05) is 0 Å². The molecule has 4 nitrogen and oxygen atoms in total. The molecule has 1 heterocycles. The smallest absolute Gasteiger partial charge is 0.138 e. The fourth-order valence-corrected chi connectivity index (χ4v) is 2.07. The van der Waals surface area contributed by atoms with Crippen LogP contribution in [-0.4, -0.2) is 10.1 Å². The van der Waals surface area contributed by atoms with Crippen LogP contribution in [0.2, 0.25) is 0 Å². The van der Waals surface area contributed by atoms with Crippen molar-refractivity contribution in [1.29, 1.82) is 5.26 Å². The van der Waals surface area contributed by atoms with Gasteiger partial charge in [-0.1, -0.05) is 24.3 Å². The highest BCUT2D eigenvalue weighted by Gasteiger charge is 2.22. The van der Waals surface area contributed by atoms with Crippen LogP contribution in [0.5, 0.6) is 5.75 Å². The molecule has 0 fully saturated rings. The maximum atomic E-state index is 9.29. The van der Waals surface area contributed by atoms with Gasteiger partial charge in [-0.15, -0.1) is 0 Å². The summed E-state index contributed by atoms with van der Waals surface area (Å²) in [5, 5.41) is 18.2. The Labute approximate surface area is 124 Å². The molecule has 0 bridgehead atoms. The average molecular weight is 282 g/mol. The van der Waals surface area contributed by atoms with E-state index in [0.29, 0.717) is 18.1 Å². The first-order valence-corrected chi connectivity index (χ1v) is 6.75. The van der Waals surface area contributed by atoms with Gasteiger partial charge in [0.05, 0.1) is 30.0 Å². The van der Waals surface area contributed by atoms with Gasteiger partial charge in [0, 0.05) is 0 Å². The average Bonchev–Trinajstić information content (AvgIpc) is 2.53. The van der Waals surface area contributed by atoms with E-state index in [4.69, 9.17) is 9.84 Å². The molecule has 0 aliphatic carbocycles. The highest BCUT2D eigenvalue weighted by atomic mass is 16.5. The first kappa shape index (κ1) is 15.0. The molecule has 0 atom stereocenters. The fourth-order valence-electron chi connectivity index (χ4n) is 2.07. The lowest BCUT2D eigenvalue weighted by Crippen LogP contribution is -2.17. The van der Waals surface area contributed by atoms with E-state index >= 15 is 0 Å². The minimum Gasteiger partial charge on any atom is -0.487 e. The number of benzene rings is 1. The van der Waals surface area contributed by atoms with Gasteiger partial charge in [-0.3, -0.25) is 4.98 Å². The Balaban J connectivity index is 2.15. The first-order chi connectivity index (χ1) is 10.1. The summed E-state index contributed by atoms with van der Waals surface area (Å²) in [7, 11) is 0. The normalized spacial score (nSPS) is 11.0. The van der Waals surface area contributed by atoms with Gasteiger partial charge in [-0.05, 0) is 37.1 Å². The molecule has 0 aliphatic heterocycles. The Morgan fingerprint density at radius 2 is 2.00 bits per heavy atom. The van der Waals surface area contributed by atoms with Crippen molar-refractivity contribution in [2.24, 2.45) is 0 Å². The Bertz CT molecular complexity index is 643. The number of ether oxygens (including phenoxy) is 1. The highest BCUT2D eigenvalue weighted by molar-refractivity contribution is 5.37. The highest BCUT2D eigenvalue weighted by Crippen LogP contribution is 2.26. The summed E-state index contributed by atoms with van der Waals surface area (Å²) in [5.74, 6) is 0.636. The largest absolute Gasteiger partial charge is 0.487 e. The van der Waals surface area contributed by atoms with E-state index in [2.05, 4.69) is 11.1 Å². The third-order valence-corrected chi connectivity index (χ3v) is 3.32. The molecule has 0 unspecified atom stereocenters. The lowest BCUT2D eigenvalue weighted by Gasteiger charge is -2.20. The van der Waals surface area contributed by atoms with Crippen LogP contribution in [0.4, 0.5) is 0 Å². The molecule has 4 heteroatoms. The van der Waals surface area contributed by atoms with Gasteiger partial charge in [0.2, 0.25) is 0 Å². The third kappa shape index (κ3) is 3.59. The molecular formula is C17H18N2O2. The zero-order valence-corrected chi connectivity index (χ0v) is 12.2. The molecule has 1 aromatic heterocycles. The van der Waals surface area contributed by atoms with Gasteiger partial charge in [-0.2, -0.15) is 5.26 Å². The minimum absolute atomic E-state index is 0.0839. The number of aliphatic hydroxyl groups is 1. The SMILES string of the molecule is CC(C)(C#N)c1ccccc1COc1ccc(CO)nc1. The van der Waals surface area contributed by atoms with Crippen molar-refractivity contribution < 1.29 is 9.84 Å². The van der Waals surface area contributed by atoms with Gasteiger partial charge >= 0.3 is 0 Å². The molecular weight excluding hydrogens is 264 g/mol. The molecule has 108 valence electrons. The zero-order valence-electron chi connectivity index (χ0n) is 12.2. The minimum atomic E-state index is -0.557. The summed E-state index contributed by atoms with van der Waals surface area (Å²) in [6.07, 6.45) is 1.59. The molecule has 0 radical (unpaired) electrons. The number of hydrogen-bond donors (Lipinski definition) is 1. The number of hydrogen-bond acceptors (Lipinski definition) is 4. The van der Waals surface area contributed by atoms with E-state index in [-0.39, 0.29) is 6.61 Å². The number of rotatable bonds is 5. The standard InChI is InChI=1S/C17H18N2O2/c1-17(2,12-18)16-6-4-3-5-13(16)11-21-15-8-7-14(10-20)19-9-15/h3-9,20H,10-11H2,1-2H3. The summed E-state index contributed by atoms with van der Waals surface area (Å²) in [5.41, 5.74) is 2.00. The number of aromatic nitrogens is 1. The van der Waals surface area contributed by atoms with E-state index in [1.54, 1.807) is 18.3 Å². The summed E-state index contributed by atoms with van der Waals surface area (Å²) in [4.78, 5) is 4.07. The van der Waals surface area contributed by atoms with Gasteiger partial charge < -0.3 is 9.84 Å². The van der Waals surface area contributed by atoms with E-state index < -0.39 is 5.41 Å². The molecule has 1 aromatic carbocycles. The van der Waals surface area contributed by atoms with Crippen LogP contribution in [0.3, 0.4) is 0 Å². The maximum Gasteiger partial charge on any atom is 0.138 e. The van der Waals surface area contributed by atoms with Crippen LogP contribution < -0.4 is 4.74 Å². The monoisotopic (exact) mass is 282 g/mol. The van der Waals surface area contributed by atoms with Gasteiger partial charge in [-0.25, -0.2) is 0 Å². The summed E-state index contributed by atoms with van der Waals surface area (Å²) in [6, 6.07) is 13.6. The molecule has 21 heavy (non-hydrogen) atoms. The molecule has 0 spiro atoms. The molecule has 2 rings (SSSR count). The van der Waals surface area contributed by atoms with Crippen LogP contribution in [0.15, 0.2) is 42.6 Å². The van der Waals surface area contributed by atoms with E-state index in [1.165, 1.54) is 0 Å². The van der Waals surface area contributed by atoms with E-state index in [1.807, 2.05) is 38.1 Å². The number of nitrogens with zero attached hydrogens (tertiary/aromatic N) is 2. The van der Waals surface area contributed by atoms with Crippen LogP contribution in [0, 0.1) is 11.3 Å². The quantitative estimate of drug-likeness (QED) is 0.915. The second-order valence-corrected chi connectivity index (χ2v) is 5.33. The molecule has 2 aromatic rings. The maximum absolute atomic E-state index is 9.29. The summed E-state index contributed by atoms with van der Waals surface area (Å²) >= 11 is 0. The first-order valence-electron chi connectivity index (χ1n) is 6.75. The predicted molar refractivity (Wildman–Crippen MR) is 79.6 cm³/mol. The van der Waals surface area contributed by atoms with Crippen LogP contribution in [-0.2, 0) is 18.6 Å². The van der Waals surface area contributed by atoms with Gasteiger partial charge in [0.25, 0.3) is 0 Å². The van der Waals surface area contributed by atoms with Crippen molar-refractivity contribution in [2.45, 2.75) is 32.5 Å². The molecule has 0 saturated carbocycles.